The summed E-state index contributed by atoms with van der Waals surface area (Å²) in [6.07, 6.45) is 1.95. The van der Waals surface area contributed by atoms with Gasteiger partial charge in [0.25, 0.3) is 0 Å². The van der Waals surface area contributed by atoms with E-state index < -0.39 is 11.8 Å². The van der Waals surface area contributed by atoms with Crippen molar-refractivity contribution in [2.45, 2.75) is 0 Å². The zero-order valence-electron chi connectivity index (χ0n) is 7.00. The summed E-state index contributed by atoms with van der Waals surface area (Å²) < 4.78 is 13.0. The Kier molecular flexibility index (Phi) is 3.48. The van der Waals surface area contributed by atoms with E-state index >= 15 is 0 Å². The third kappa shape index (κ3) is 2.74. The molecule has 74 valence electrons. The Morgan fingerprint density at radius 2 is 2.29 bits per heavy atom. The summed E-state index contributed by atoms with van der Waals surface area (Å²) in [5.74, 6) is -1.66. The van der Waals surface area contributed by atoms with Crippen LogP contribution in [0.5, 0.6) is 0 Å². The lowest BCUT2D eigenvalue weighted by molar-refractivity contribution is -0.131. The van der Waals surface area contributed by atoms with E-state index in [2.05, 4.69) is 5.32 Å². The number of carbonyl (C=O) groups is 1. The molecule has 0 fully saturated rings. The highest BCUT2D eigenvalue weighted by molar-refractivity contribution is 6.33. The Morgan fingerprint density at radius 1 is 1.57 bits per heavy atom. The third-order valence-electron chi connectivity index (χ3n) is 1.42. The second-order valence-electron chi connectivity index (χ2n) is 2.41. The first kappa shape index (κ1) is 10.5. The van der Waals surface area contributed by atoms with Gasteiger partial charge in [-0.25, -0.2) is 9.18 Å². The van der Waals surface area contributed by atoms with Gasteiger partial charge in [0.2, 0.25) is 0 Å². The maximum absolute atomic E-state index is 13.0. The standard InChI is InChI=1S/C9H7ClFNO2/c10-6-2-1-3-7(11)9(6)12-5-4-8(13)14/h1-5,12H,(H,13,14)/b5-4+. The van der Waals surface area contributed by atoms with E-state index in [1.807, 2.05) is 0 Å². The van der Waals surface area contributed by atoms with E-state index in [1.54, 1.807) is 0 Å². The van der Waals surface area contributed by atoms with Gasteiger partial charge in [-0.15, -0.1) is 0 Å². The Labute approximate surface area is 84.8 Å². The molecule has 0 aromatic heterocycles. The van der Waals surface area contributed by atoms with Crippen LogP contribution in [0.1, 0.15) is 0 Å². The van der Waals surface area contributed by atoms with E-state index in [-0.39, 0.29) is 10.7 Å². The largest absolute Gasteiger partial charge is 0.478 e. The van der Waals surface area contributed by atoms with Crippen molar-refractivity contribution >= 4 is 23.3 Å². The van der Waals surface area contributed by atoms with Gasteiger partial charge < -0.3 is 10.4 Å². The lowest BCUT2D eigenvalue weighted by Crippen LogP contribution is -1.95. The number of nitrogens with one attached hydrogen (secondary N) is 1. The quantitative estimate of drug-likeness (QED) is 0.762. The maximum atomic E-state index is 13.0. The van der Waals surface area contributed by atoms with Crippen LogP contribution in [0.3, 0.4) is 0 Å². The van der Waals surface area contributed by atoms with Crippen LogP contribution in [0.25, 0.3) is 0 Å². The Morgan fingerprint density at radius 3 is 2.86 bits per heavy atom. The number of hydrogen-bond donors (Lipinski definition) is 2. The fourth-order valence-electron chi connectivity index (χ4n) is 0.832. The molecule has 0 aliphatic carbocycles. The smallest absolute Gasteiger partial charge is 0.329 e. The molecule has 14 heavy (non-hydrogen) atoms. The highest BCUT2D eigenvalue weighted by Gasteiger charge is 2.03. The van der Waals surface area contributed by atoms with E-state index in [1.165, 1.54) is 18.2 Å². The molecule has 0 aliphatic rings. The van der Waals surface area contributed by atoms with Crippen LogP contribution >= 0.6 is 11.6 Å². The Balaban J connectivity index is 2.81. The number of carboxylic acid groups (broad SMARTS) is 1. The van der Waals surface area contributed by atoms with Crippen LogP contribution in [-0.2, 0) is 4.79 Å². The zero-order chi connectivity index (χ0) is 10.6. The van der Waals surface area contributed by atoms with Gasteiger partial charge in [-0.1, -0.05) is 17.7 Å². The lowest BCUT2D eigenvalue weighted by Gasteiger charge is -2.03. The van der Waals surface area contributed by atoms with Gasteiger partial charge in [0.05, 0.1) is 10.7 Å². The van der Waals surface area contributed by atoms with E-state index in [9.17, 15) is 9.18 Å². The lowest BCUT2D eigenvalue weighted by atomic mass is 10.3. The van der Waals surface area contributed by atoms with E-state index in [0.717, 1.165) is 12.3 Å². The predicted octanol–water partition coefficient (Wildman–Crippen LogP) is 2.49. The second kappa shape index (κ2) is 4.62. The molecule has 0 bridgehead atoms. The molecule has 0 radical (unpaired) electrons. The molecule has 1 aromatic rings. The van der Waals surface area contributed by atoms with Gasteiger partial charge in [0.1, 0.15) is 5.82 Å². The molecule has 0 amide bonds. The van der Waals surface area contributed by atoms with Crippen LogP contribution in [-0.4, -0.2) is 11.1 Å². The highest BCUT2D eigenvalue weighted by atomic mass is 35.5. The molecule has 0 saturated heterocycles. The Bertz CT molecular complexity index is 359. The van der Waals surface area contributed by atoms with Crippen molar-refractivity contribution in [3.05, 3.63) is 41.3 Å². The third-order valence-corrected chi connectivity index (χ3v) is 1.73. The summed E-state index contributed by atoms with van der Waals surface area (Å²) in [5.41, 5.74) is 0.0617. The number of benzene rings is 1. The summed E-state index contributed by atoms with van der Waals surface area (Å²) in [5, 5.41) is 10.9. The fourth-order valence-corrected chi connectivity index (χ4v) is 1.05. The number of para-hydroxylation sites is 1. The van der Waals surface area contributed by atoms with Gasteiger partial charge in [0, 0.05) is 12.3 Å². The first-order chi connectivity index (χ1) is 6.61. The molecule has 3 nitrogen and oxygen atoms in total. The van der Waals surface area contributed by atoms with Gasteiger partial charge in [-0.05, 0) is 12.1 Å². The van der Waals surface area contributed by atoms with Crippen LogP contribution in [0.15, 0.2) is 30.5 Å². The number of carboxylic acids is 1. The average Bonchev–Trinajstić information content (AvgIpc) is 2.09. The van der Waals surface area contributed by atoms with Crippen molar-refractivity contribution in [2.24, 2.45) is 0 Å². The first-order valence-electron chi connectivity index (χ1n) is 3.71. The monoisotopic (exact) mass is 215 g/mol. The number of aliphatic carboxylic acids is 1. The summed E-state index contributed by atoms with van der Waals surface area (Å²) in [7, 11) is 0. The first-order valence-corrected chi connectivity index (χ1v) is 4.09. The summed E-state index contributed by atoms with van der Waals surface area (Å²) in [6.45, 7) is 0. The molecule has 1 aromatic carbocycles. The number of anilines is 1. The minimum absolute atomic E-state index is 0.0617. The fraction of sp³-hybridized carbons (Fsp3) is 0. The van der Waals surface area contributed by atoms with Crippen LogP contribution in [0.4, 0.5) is 10.1 Å². The van der Waals surface area contributed by atoms with Gasteiger partial charge in [0.15, 0.2) is 0 Å². The van der Waals surface area contributed by atoms with Crippen LogP contribution in [0, 0.1) is 5.82 Å². The van der Waals surface area contributed by atoms with Crippen molar-refractivity contribution < 1.29 is 14.3 Å². The molecule has 0 atom stereocenters. The van der Waals surface area contributed by atoms with Crippen molar-refractivity contribution in [1.29, 1.82) is 0 Å². The molecule has 2 N–H and O–H groups in total. The van der Waals surface area contributed by atoms with E-state index in [0.29, 0.717) is 0 Å². The van der Waals surface area contributed by atoms with Crippen LogP contribution in [0.2, 0.25) is 5.02 Å². The highest BCUT2D eigenvalue weighted by Crippen LogP contribution is 2.24. The second-order valence-corrected chi connectivity index (χ2v) is 2.82. The van der Waals surface area contributed by atoms with Gasteiger partial charge >= 0.3 is 5.97 Å². The molecular weight excluding hydrogens is 209 g/mol. The number of rotatable bonds is 3. The normalized spacial score (nSPS) is 10.4. The SMILES string of the molecule is O=C(O)/C=C/Nc1c(F)cccc1Cl. The van der Waals surface area contributed by atoms with Gasteiger partial charge in [-0.2, -0.15) is 0 Å². The van der Waals surface area contributed by atoms with Crippen LogP contribution < -0.4 is 5.32 Å². The molecule has 0 saturated carbocycles. The summed E-state index contributed by atoms with van der Waals surface area (Å²) in [6, 6.07) is 4.19. The molecule has 0 spiro atoms. The molecule has 0 unspecified atom stereocenters. The van der Waals surface area contributed by atoms with Crippen molar-refractivity contribution in [2.75, 3.05) is 5.32 Å². The number of hydrogen-bond acceptors (Lipinski definition) is 2. The van der Waals surface area contributed by atoms with Crippen molar-refractivity contribution in [3.63, 3.8) is 0 Å². The molecule has 0 heterocycles. The molecule has 0 aliphatic heterocycles. The van der Waals surface area contributed by atoms with Gasteiger partial charge in [-0.3, -0.25) is 0 Å². The minimum atomic E-state index is -1.12. The zero-order valence-corrected chi connectivity index (χ0v) is 7.75. The molecular formula is C9H7ClFNO2. The number of halogens is 2. The average molecular weight is 216 g/mol. The summed E-state index contributed by atoms with van der Waals surface area (Å²) >= 11 is 5.66. The summed E-state index contributed by atoms with van der Waals surface area (Å²) in [4.78, 5) is 10.1. The van der Waals surface area contributed by atoms with Crippen molar-refractivity contribution in [1.82, 2.24) is 0 Å². The molecule has 1 rings (SSSR count). The van der Waals surface area contributed by atoms with Crippen molar-refractivity contribution in [3.8, 4) is 0 Å². The van der Waals surface area contributed by atoms with E-state index in [4.69, 9.17) is 16.7 Å². The predicted molar refractivity (Wildman–Crippen MR) is 51.8 cm³/mol. The maximum Gasteiger partial charge on any atom is 0.329 e. The Hall–Kier alpha value is -1.55. The molecule has 5 heteroatoms. The topological polar surface area (TPSA) is 49.3 Å². The minimum Gasteiger partial charge on any atom is -0.478 e.